The minimum absolute atomic E-state index is 0. The van der Waals surface area contributed by atoms with Crippen LogP contribution in [0.4, 0.5) is 17.6 Å². The smallest absolute Gasteiger partial charge is 0.442 e. The molecule has 0 radical (unpaired) electrons. The van der Waals surface area contributed by atoms with Crippen molar-refractivity contribution in [1.29, 1.82) is 0 Å². The topological polar surface area (TPSA) is 189 Å². The third-order valence-electron chi connectivity index (χ3n) is 1.19. The second kappa shape index (κ2) is 4.05. The summed E-state index contributed by atoms with van der Waals surface area (Å²) in [5.74, 6) is -0.593. The lowest BCUT2D eigenvalue weighted by Gasteiger charge is -1.95. The summed E-state index contributed by atoms with van der Waals surface area (Å²) in [6, 6.07) is 0. The largest absolute Gasteiger partial charge is 0.690 e. The lowest BCUT2D eigenvalue weighted by Crippen LogP contribution is -1.96. The number of aromatic nitrogens is 6. The molecule has 0 aliphatic carbocycles. The van der Waals surface area contributed by atoms with Gasteiger partial charge < -0.3 is 16.4 Å². The SMILES string of the molecule is Nc1nonc1[N+]([O-])=Nc1nn[nH]n1.O. The van der Waals surface area contributed by atoms with Crippen LogP contribution in [0.2, 0.25) is 0 Å². The predicted octanol–water partition coefficient (Wildman–Crippen LogP) is -1.73. The zero-order chi connectivity index (χ0) is 9.97. The fourth-order valence-corrected chi connectivity index (χ4v) is 0.651. The summed E-state index contributed by atoms with van der Waals surface area (Å²) >= 11 is 0. The molecule has 0 amide bonds. The van der Waals surface area contributed by atoms with E-state index in [0.29, 0.717) is 0 Å². The average molecular weight is 215 g/mol. The van der Waals surface area contributed by atoms with Gasteiger partial charge in [0.25, 0.3) is 5.82 Å². The highest BCUT2D eigenvalue weighted by Gasteiger charge is 2.18. The molecule has 2 heterocycles. The van der Waals surface area contributed by atoms with E-state index in [1.165, 1.54) is 0 Å². The second-order valence-electron chi connectivity index (χ2n) is 2.06. The van der Waals surface area contributed by atoms with E-state index in [1.807, 2.05) is 0 Å². The highest BCUT2D eigenvalue weighted by atomic mass is 16.6. The molecule has 15 heavy (non-hydrogen) atoms. The second-order valence-corrected chi connectivity index (χ2v) is 2.06. The van der Waals surface area contributed by atoms with Gasteiger partial charge in [0.1, 0.15) is 0 Å². The normalized spacial score (nSPS) is 11.1. The van der Waals surface area contributed by atoms with Crippen LogP contribution in [0, 0.1) is 5.21 Å². The molecule has 0 saturated carbocycles. The fourth-order valence-electron chi connectivity index (χ4n) is 0.651. The van der Waals surface area contributed by atoms with E-state index in [2.05, 4.69) is 40.7 Å². The number of hydrogen-bond acceptors (Lipinski definition) is 9. The van der Waals surface area contributed by atoms with E-state index in [4.69, 9.17) is 5.73 Å². The van der Waals surface area contributed by atoms with Crippen LogP contribution in [-0.2, 0) is 0 Å². The molecule has 0 aromatic carbocycles. The van der Waals surface area contributed by atoms with Crippen molar-refractivity contribution in [3.63, 3.8) is 0 Å². The number of nitrogens with two attached hydrogens (primary N) is 1. The fraction of sp³-hybridized carbons (Fsp3) is 0. The molecule has 0 bridgehead atoms. The Morgan fingerprint density at radius 1 is 1.47 bits per heavy atom. The van der Waals surface area contributed by atoms with E-state index in [1.54, 1.807) is 0 Å². The lowest BCUT2D eigenvalue weighted by molar-refractivity contribution is -0.440. The number of nitrogens with one attached hydrogen (secondary N) is 1. The number of aromatic amines is 1. The Balaban J connectivity index is 0.00000112. The van der Waals surface area contributed by atoms with E-state index in [-0.39, 0.29) is 27.9 Å². The zero-order valence-electron chi connectivity index (χ0n) is 7.02. The van der Waals surface area contributed by atoms with Gasteiger partial charge in [0.15, 0.2) is 5.16 Å². The van der Waals surface area contributed by atoms with Crippen LogP contribution < -0.4 is 5.73 Å². The standard InChI is InChI=1S/C3H3N9O2.H2O/c4-1-2(9-14-8-1)12(13)7-3-5-10-11-6-3;/h(H2,4,8)(H,5,6,10,11);1H2. The highest BCUT2D eigenvalue weighted by Crippen LogP contribution is 2.16. The first kappa shape index (κ1) is 10.5. The van der Waals surface area contributed by atoms with Crippen molar-refractivity contribution < 1.29 is 15.0 Å². The molecule has 0 saturated heterocycles. The molecule has 5 N–H and O–H groups in total. The van der Waals surface area contributed by atoms with Gasteiger partial charge in [-0.05, 0) is 10.3 Å². The maximum atomic E-state index is 11.2. The molecule has 2 aromatic heterocycles. The monoisotopic (exact) mass is 215 g/mol. The minimum Gasteiger partial charge on any atom is -0.690 e. The zero-order valence-corrected chi connectivity index (χ0v) is 7.02. The van der Waals surface area contributed by atoms with Crippen LogP contribution in [0.25, 0.3) is 0 Å². The number of hydrogen-bond donors (Lipinski definition) is 2. The van der Waals surface area contributed by atoms with Gasteiger partial charge in [0.05, 0.1) is 0 Å². The number of anilines is 1. The van der Waals surface area contributed by atoms with Crippen LogP contribution >= 0.6 is 0 Å². The lowest BCUT2D eigenvalue weighted by atomic mass is 10.7. The molecule has 0 spiro atoms. The molecular weight excluding hydrogens is 210 g/mol. The molecule has 0 atom stereocenters. The highest BCUT2D eigenvalue weighted by molar-refractivity contribution is 5.42. The van der Waals surface area contributed by atoms with Crippen molar-refractivity contribution in [1.82, 2.24) is 30.9 Å². The van der Waals surface area contributed by atoms with Crippen molar-refractivity contribution in [2.24, 2.45) is 5.11 Å². The molecule has 12 nitrogen and oxygen atoms in total. The van der Waals surface area contributed by atoms with E-state index in [0.717, 1.165) is 0 Å². The van der Waals surface area contributed by atoms with Crippen LogP contribution in [0.15, 0.2) is 9.74 Å². The first-order valence-corrected chi connectivity index (χ1v) is 3.28. The summed E-state index contributed by atoms with van der Waals surface area (Å²) in [6.07, 6.45) is 0. The molecule has 80 valence electrons. The molecule has 0 aliphatic rings. The molecule has 0 unspecified atom stereocenters. The van der Waals surface area contributed by atoms with Crippen LogP contribution in [0.1, 0.15) is 0 Å². The third kappa shape index (κ3) is 1.99. The molecule has 12 heteroatoms. The maximum Gasteiger partial charge on any atom is 0.442 e. The quantitative estimate of drug-likeness (QED) is 0.335. The van der Waals surface area contributed by atoms with E-state index >= 15 is 0 Å². The molecule has 0 aliphatic heterocycles. The van der Waals surface area contributed by atoms with Gasteiger partial charge in [-0.25, -0.2) is 0 Å². The van der Waals surface area contributed by atoms with Gasteiger partial charge in [0, 0.05) is 5.16 Å². The summed E-state index contributed by atoms with van der Waals surface area (Å²) in [6.45, 7) is 0. The van der Waals surface area contributed by atoms with Gasteiger partial charge in [-0.2, -0.15) is 5.21 Å². The molecule has 0 fully saturated rings. The first-order chi connectivity index (χ1) is 6.77. The van der Waals surface area contributed by atoms with Gasteiger partial charge in [-0.1, -0.05) is 5.10 Å². The number of H-pyrrole nitrogens is 1. The Morgan fingerprint density at radius 2 is 2.27 bits per heavy atom. The van der Waals surface area contributed by atoms with Crippen molar-refractivity contribution in [2.45, 2.75) is 0 Å². The third-order valence-corrected chi connectivity index (χ3v) is 1.19. The number of azo groups is 1. The van der Waals surface area contributed by atoms with Gasteiger partial charge >= 0.3 is 11.8 Å². The van der Waals surface area contributed by atoms with Crippen molar-refractivity contribution in [3.8, 4) is 0 Å². The number of nitrogen functional groups attached to an aromatic ring is 1. The van der Waals surface area contributed by atoms with Gasteiger partial charge in [-0.3, -0.25) is 0 Å². The maximum absolute atomic E-state index is 11.2. The van der Waals surface area contributed by atoms with E-state index < -0.39 is 0 Å². The molecule has 2 aromatic rings. The Kier molecular flexibility index (Phi) is 2.82. The Morgan fingerprint density at radius 3 is 2.80 bits per heavy atom. The Labute approximate surface area is 80.6 Å². The summed E-state index contributed by atoms with van der Waals surface area (Å²) in [7, 11) is 0. The summed E-state index contributed by atoms with van der Waals surface area (Å²) in [5, 5.41) is 33.1. The van der Waals surface area contributed by atoms with Crippen LogP contribution in [-0.4, -0.2) is 41.3 Å². The number of nitrogens with zero attached hydrogens (tertiary/aromatic N) is 7. The minimum atomic E-state index is -0.269. The predicted molar refractivity (Wildman–Crippen MR) is 41.9 cm³/mol. The van der Waals surface area contributed by atoms with Gasteiger partial charge in [-0.15, -0.1) is 14.6 Å². The summed E-state index contributed by atoms with van der Waals surface area (Å²) in [4.78, 5) is 0.0800. The molecular formula is C3H5N9O3. The average Bonchev–Trinajstić information content (AvgIpc) is 2.75. The van der Waals surface area contributed by atoms with E-state index in [9.17, 15) is 5.21 Å². The van der Waals surface area contributed by atoms with Gasteiger partial charge in [0.2, 0.25) is 0 Å². The van der Waals surface area contributed by atoms with Crippen molar-refractivity contribution in [3.05, 3.63) is 5.21 Å². The van der Waals surface area contributed by atoms with Crippen molar-refractivity contribution in [2.75, 3.05) is 5.73 Å². The number of rotatable bonds is 2. The Bertz CT molecular complexity index is 445. The first-order valence-electron chi connectivity index (χ1n) is 3.28. The summed E-state index contributed by atoms with van der Waals surface area (Å²) in [5.41, 5.74) is 5.24. The van der Waals surface area contributed by atoms with Crippen molar-refractivity contribution >= 4 is 17.6 Å². The number of tetrazole rings is 1. The van der Waals surface area contributed by atoms with Crippen LogP contribution in [0.3, 0.4) is 0 Å². The summed E-state index contributed by atoms with van der Waals surface area (Å²) < 4.78 is 4.19. The van der Waals surface area contributed by atoms with Crippen LogP contribution in [0.5, 0.6) is 0 Å². The molecule has 2 rings (SSSR count). The Hall–Kier alpha value is -2.63.